The summed E-state index contributed by atoms with van der Waals surface area (Å²) in [6.45, 7) is 8.72. The molecule has 180 valence electrons. The number of hydrogen-bond donors (Lipinski definition) is 5. The third-order valence-corrected chi connectivity index (χ3v) is 4.81. The normalized spacial score (nSPS) is 11.7. The standard InChI is InChI=1S/C23H35N7O3/c1-14(2)13-18(29-23(32)28-17-9-7-15(3)8-10-17)21-30-19(16(4)33-21)20(31)26-11-5-6-12-27-22(24)25/h7-10,14,18H,5-6,11-13H2,1-4H3,(H,26,31)(H4,24,25,27)(H2,28,29,32). The Labute approximate surface area is 194 Å². The van der Waals surface area contributed by atoms with E-state index in [1.807, 2.05) is 45.0 Å². The minimum Gasteiger partial charge on any atom is -0.443 e. The molecule has 0 spiro atoms. The zero-order chi connectivity index (χ0) is 24.4. The maximum atomic E-state index is 12.6. The van der Waals surface area contributed by atoms with Gasteiger partial charge in [-0.2, -0.15) is 0 Å². The average molecular weight is 458 g/mol. The van der Waals surface area contributed by atoms with Crippen LogP contribution in [0.15, 0.2) is 33.7 Å². The molecule has 1 aromatic carbocycles. The van der Waals surface area contributed by atoms with Crippen molar-refractivity contribution in [3.8, 4) is 0 Å². The molecule has 3 amide bonds. The zero-order valence-corrected chi connectivity index (χ0v) is 19.8. The Bertz CT molecular complexity index is 947. The Morgan fingerprint density at radius 1 is 1.12 bits per heavy atom. The van der Waals surface area contributed by atoms with Gasteiger partial charge in [-0.3, -0.25) is 9.79 Å². The molecule has 1 atom stereocenters. The molecular formula is C23H35N7O3. The van der Waals surface area contributed by atoms with Gasteiger partial charge in [0, 0.05) is 18.8 Å². The Kier molecular flexibility index (Phi) is 9.71. The summed E-state index contributed by atoms with van der Waals surface area (Å²) < 4.78 is 5.78. The van der Waals surface area contributed by atoms with Crippen molar-refractivity contribution in [3.05, 3.63) is 47.2 Å². The number of carbonyl (C=O) groups is 2. The lowest BCUT2D eigenvalue weighted by Crippen LogP contribution is -2.33. The number of hydrogen-bond acceptors (Lipinski definition) is 5. The van der Waals surface area contributed by atoms with E-state index in [4.69, 9.17) is 15.9 Å². The molecule has 10 nitrogen and oxygen atoms in total. The van der Waals surface area contributed by atoms with Gasteiger partial charge < -0.3 is 31.8 Å². The van der Waals surface area contributed by atoms with Gasteiger partial charge in [-0.25, -0.2) is 9.78 Å². The summed E-state index contributed by atoms with van der Waals surface area (Å²) in [5.41, 5.74) is 12.6. The minimum atomic E-state index is -0.477. The van der Waals surface area contributed by atoms with Gasteiger partial charge >= 0.3 is 6.03 Å². The van der Waals surface area contributed by atoms with Crippen LogP contribution in [0.2, 0.25) is 0 Å². The fraction of sp³-hybridized carbons (Fsp3) is 0.478. The number of anilines is 1. The minimum absolute atomic E-state index is 0.0573. The van der Waals surface area contributed by atoms with Crippen LogP contribution >= 0.6 is 0 Å². The lowest BCUT2D eigenvalue weighted by atomic mass is 10.0. The second-order valence-electron chi connectivity index (χ2n) is 8.37. The highest BCUT2D eigenvalue weighted by Crippen LogP contribution is 2.23. The lowest BCUT2D eigenvalue weighted by molar-refractivity contribution is 0.0947. The molecule has 2 aromatic rings. The van der Waals surface area contributed by atoms with Crippen LogP contribution in [0.5, 0.6) is 0 Å². The third kappa shape index (κ3) is 8.83. The number of aliphatic imine (C=N–C) groups is 1. The molecule has 1 heterocycles. The maximum absolute atomic E-state index is 12.6. The van der Waals surface area contributed by atoms with Gasteiger partial charge in [0.1, 0.15) is 11.8 Å². The SMILES string of the molecule is Cc1ccc(NC(=O)NC(CC(C)C)c2nc(C(=O)NCCCCN=C(N)N)c(C)o2)cc1. The third-order valence-electron chi connectivity index (χ3n) is 4.81. The van der Waals surface area contributed by atoms with E-state index in [1.165, 1.54) is 0 Å². The highest BCUT2D eigenvalue weighted by atomic mass is 16.4. The summed E-state index contributed by atoms with van der Waals surface area (Å²) >= 11 is 0. The Morgan fingerprint density at radius 3 is 2.45 bits per heavy atom. The number of rotatable bonds is 11. The molecule has 1 unspecified atom stereocenters. The summed E-state index contributed by atoms with van der Waals surface area (Å²) in [6, 6.07) is 6.67. The average Bonchev–Trinajstić information content (AvgIpc) is 3.13. The Morgan fingerprint density at radius 2 is 1.82 bits per heavy atom. The molecule has 0 bridgehead atoms. The fourth-order valence-corrected chi connectivity index (χ4v) is 3.16. The van der Waals surface area contributed by atoms with E-state index in [9.17, 15) is 9.59 Å². The first-order valence-corrected chi connectivity index (χ1v) is 11.1. The molecule has 1 aromatic heterocycles. The van der Waals surface area contributed by atoms with E-state index < -0.39 is 6.04 Å². The monoisotopic (exact) mass is 457 g/mol. The van der Waals surface area contributed by atoms with Crippen molar-refractivity contribution >= 4 is 23.6 Å². The molecule has 0 aliphatic carbocycles. The van der Waals surface area contributed by atoms with Gasteiger partial charge in [0.2, 0.25) is 5.89 Å². The van der Waals surface area contributed by atoms with Crippen molar-refractivity contribution in [2.24, 2.45) is 22.4 Å². The number of aryl methyl sites for hydroxylation is 2. The van der Waals surface area contributed by atoms with E-state index in [-0.39, 0.29) is 29.5 Å². The molecule has 0 saturated heterocycles. The first-order valence-electron chi connectivity index (χ1n) is 11.1. The summed E-state index contributed by atoms with van der Waals surface area (Å²) in [7, 11) is 0. The number of guanidine groups is 1. The van der Waals surface area contributed by atoms with Crippen LogP contribution in [0.4, 0.5) is 10.5 Å². The van der Waals surface area contributed by atoms with E-state index >= 15 is 0 Å². The van der Waals surface area contributed by atoms with Crippen molar-refractivity contribution in [1.29, 1.82) is 0 Å². The quantitative estimate of drug-likeness (QED) is 0.198. The van der Waals surface area contributed by atoms with Crippen molar-refractivity contribution in [2.75, 3.05) is 18.4 Å². The molecule has 0 saturated carbocycles. The molecule has 0 aliphatic heterocycles. The fourth-order valence-electron chi connectivity index (χ4n) is 3.16. The van der Waals surface area contributed by atoms with Gasteiger partial charge in [-0.1, -0.05) is 31.5 Å². The number of urea groups is 1. The van der Waals surface area contributed by atoms with Crippen molar-refractivity contribution in [2.45, 2.75) is 53.0 Å². The number of amides is 3. The van der Waals surface area contributed by atoms with Gasteiger partial charge in [0.25, 0.3) is 5.91 Å². The summed E-state index contributed by atoms with van der Waals surface area (Å²) in [5.74, 6) is 0.707. The second kappa shape index (κ2) is 12.5. The molecule has 0 aliphatic rings. The van der Waals surface area contributed by atoms with Crippen molar-refractivity contribution in [3.63, 3.8) is 0 Å². The van der Waals surface area contributed by atoms with Crippen LogP contribution in [0.1, 0.15) is 66.9 Å². The van der Waals surface area contributed by atoms with Crippen LogP contribution in [-0.4, -0.2) is 36.0 Å². The number of benzene rings is 1. The molecule has 7 N–H and O–H groups in total. The highest BCUT2D eigenvalue weighted by molar-refractivity contribution is 5.93. The van der Waals surface area contributed by atoms with Crippen LogP contribution in [0, 0.1) is 19.8 Å². The van der Waals surface area contributed by atoms with E-state index in [2.05, 4.69) is 25.9 Å². The number of nitrogens with one attached hydrogen (secondary N) is 3. The topological polar surface area (TPSA) is 161 Å². The summed E-state index contributed by atoms with van der Waals surface area (Å²) in [4.78, 5) is 33.4. The van der Waals surface area contributed by atoms with E-state index in [0.29, 0.717) is 36.8 Å². The number of unbranched alkanes of at least 4 members (excludes halogenated alkanes) is 1. The smallest absolute Gasteiger partial charge is 0.319 e. The van der Waals surface area contributed by atoms with Crippen LogP contribution in [-0.2, 0) is 0 Å². The Hall–Kier alpha value is -3.56. The zero-order valence-electron chi connectivity index (χ0n) is 19.8. The second-order valence-corrected chi connectivity index (χ2v) is 8.37. The molecule has 10 heteroatoms. The van der Waals surface area contributed by atoms with Crippen molar-refractivity contribution in [1.82, 2.24) is 15.6 Å². The number of carbonyl (C=O) groups excluding carboxylic acids is 2. The predicted molar refractivity (Wildman–Crippen MR) is 129 cm³/mol. The maximum Gasteiger partial charge on any atom is 0.319 e. The molecule has 33 heavy (non-hydrogen) atoms. The number of nitrogens with zero attached hydrogens (tertiary/aromatic N) is 2. The van der Waals surface area contributed by atoms with E-state index in [0.717, 1.165) is 18.4 Å². The first-order chi connectivity index (χ1) is 15.7. The van der Waals surface area contributed by atoms with Crippen LogP contribution in [0.3, 0.4) is 0 Å². The van der Waals surface area contributed by atoms with Gasteiger partial charge in [-0.05, 0) is 51.2 Å². The number of nitrogens with two attached hydrogens (primary N) is 2. The van der Waals surface area contributed by atoms with Crippen molar-refractivity contribution < 1.29 is 14.0 Å². The van der Waals surface area contributed by atoms with E-state index in [1.54, 1.807) is 6.92 Å². The number of oxazole rings is 1. The largest absolute Gasteiger partial charge is 0.443 e. The Balaban J connectivity index is 1.99. The van der Waals surface area contributed by atoms with Crippen LogP contribution < -0.4 is 27.4 Å². The predicted octanol–water partition coefficient (Wildman–Crippen LogP) is 2.98. The molecule has 0 radical (unpaired) electrons. The molecule has 0 fully saturated rings. The van der Waals surface area contributed by atoms with Gasteiger partial charge in [0.05, 0.1) is 0 Å². The molecule has 2 rings (SSSR count). The summed E-state index contributed by atoms with van der Waals surface area (Å²) in [5, 5.41) is 8.55. The number of aromatic nitrogens is 1. The lowest BCUT2D eigenvalue weighted by Gasteiger charge is -2.18. The molecular weight excluding hydrogens is 422 g/mol. The van der Waals surface area contributed by atoms with Gasteiger partial charge in [0.15, 0.2) is 11.7 Å². The van der Waals surface area contributed by atoms with Gasteiger partial charge in [-0.15, -0.1) is 0 Å². The van der Waals surface area contributed by atoms with Crippen LogP contribution in [0.25, 0.3) is 0 Å². The first kappa shape index (κ1) is 25.7. The highest BCUT2D eigenvalue weighted by Gasteiger charge is 2.25. The summed E-state index contributed by atoms with van der Waals surface area (Å²) in [6.07, 6.45) is 2.08.